The standard InChI is InChI=1S/C19H21NO3/c1-2-23-18(22)19-13-7-3-5-9-15(19)14-8-4-6-10-16(14)20(19)17(21)12-11-13/h3-4,6-8,10,13,15H,2,5,9,11-12H2,1H3/t13-,15+,19+/m0/s1. The summed E-state index contributed by atoms with van der Waals surface area (Å²) in [4.78, 5) is 27.7. The number of nitrogens with zero attached hydrogens (tertiary/aromatic N) is 1. The average Bonchev–Trinajstić information content (AvgIpc) is 2.72. The molecule has 1 fully saturated rings. The van der Waals surface area contributed by atoms with E-state index in [9.17, 15) is 9.59 Å². The molecule has 0 unspecified atom stereocenters. The Bertz CT molecular complexity index is 696. The summed E-state index contributed by atoms with van der Waals surface area (Å²) < 4.78 is 5.49. The molecule has 3 atom stereocenters. The summed E-state index contributed by atoms with van der Waals surface area (Å²) >= 11 is 0. The van der Waals surface area contributed by atoms with E-state index in [1.165, 1.54) is 0 Å². The van der Waals surface area contributed by atoms with Crippen LogP contribution in [0.1, 0.15) is 44.1 Å². The van der Waals surface area contributed by atoms with E-state index in [-0.39, 0.29) is 23.7 Å². The zero-order valence-electron chi connectivity index (χ0n) is 13.3. The van der Waals surface area contributed by atoms with Gasteiger partial charge in [-0.15, -0.1) is 0 Å². The van der Waals surface area contributed by atoms with Crippen LogP contribution in [-0.4, -0.2) is 24.0 Å². The third-order valence-corrected chi connectivity index (χ3v) is 5.53. The van der Waals surface area contributed by atoms with Gasteiger partial charge >= 0.3 is 5.97 Å². The Balaban J connectivity index is 1.98. The van der Waals surface area contributed by atoms with Crippen molar-refractivity contribution >= 4 is 17.6 Å². The number of fused-ring (bicyclic) bond motifs is 3. The SMILES string of the molecule is CCOC(=O)[C@]12[C@@H]3CCC=C[C@H]1CCC(=O)N2c1ccccc13. The van der Waals surface area contributed by atoms with Crippen molar-refractivity contribution in [3.63, 3.8) is 0 Å². The van der Waals surface area contributed by atoms with Crippen LogP contribution < -0.4 is 4.90 Å². The number of piperidine rings is 1. The van der Waals surface area contributed by atoms with Gasteiger partial charge in [-0.2, -0.15) is 0 Å². The molecule has 2 aliphatic heterocycles. The molecular formula is C19H21NO3. The molecule has 4 rings (SSSR count). The highest BCUT2D eigenvalue weighted by Gasteiger charge is 2.64. The first-order valence-corrected chi connectivity index (χ1v) is 8.47. The number of carbonyl (C=O) groups is 2. The Morgan fingerprint density at radius 2 is 2.17 bits per heavy atom. The van der Waals surface area contributed by atoms with Gasteiger partial charge in [-0.1, -0.05) is 30.4 Å². The van der Waals surface area contributed by atoms with E-state index in [0.717, 1.165) is 30.5 Å². The number of hydrogen-bond donors (Lipinski definition) is 0. The van der Waals surface area contributed by atoms with Crippen molar-refractivity contribution in [2.75, 3.05) is 11.5 Å². The Morgan fingerprint density at radius 1 is 1.35 bits per heavy atom. The minimum Gasteiger partial charge on any atom is -0.464 e. The molecule has 0 bridgehead atoms. The largest absolute Gasteiger partial charge is 0.464 e. The monoisotopic (exact) mass is 311 g/mol. The van der Waals surface area contributed by atoms with Crippen LogP contribution >= 0.6 is 0 Å². The maximum Gasteiger partial charge on any atom is 0.333 e. The van der Waals surface area contributed by atoms with Crippen LogP contribution in [0, 0.1) is 5.92 Å². The number of benzene rings is 1. The summed E-state index contributed by atoms with van der Waals surface area (Å²) in [5.74, 6) is -0.161. The normalized spacial score (nSPS) is 31.3. The average molecular weight is 311 g/mol. The maximum atomic E-state index is 13.1. The van der Waals surface area contributed by atoms with Crippen molar-refractivity contribution in [2.45, 2.75) is 44.1 Å². The quantitative estimate of drug-likeness (QED) is 0.622. The minimum atomic E-state index is -0.887. The fourth-order valence-corrected chi connectivity index (χ4v) is 4.73. The molecular weight excluding hydrogens is 290 g/mol. The summed E-state index contributed by atoms with van der Waals surface area (Å²) in [6.45, 7) is 2.16. The van der Waals surface area contributed by atoms with E-state index in [1.807, 2.05) is 25.1 Å². The second-order valence-electron chi connectivity index (χ2n) is 6.54. The lowest BCUT2D eigenvalue weighted by Gasteiger charge is -2.47. The zero-order valence-corrected chi connectivity index (χ0v) is 13.3. The Hall–Kier alpha value is -2.10. The first-order valence-electron chi connectivity index (χ1n) is 8.47. The minimum absolute atomic E-state index is 0.0157. The van der Waals surface area contributed by atoms with E-state index in [1.54, 1.807) is 4.90 Å². The van der Waals surface area contributed by atoms with Crippen molar-refractivity contribution in [3.05, 3.63) is 42.0 Å². The van der Waals surface area contributed by atoms with Crippen LogP contribution in [0.3, 0.4) is 0 Å². The topological polar surface area (TPSA) is 46.6 Å². The Labute approximate surface area is 136 Å². The molecule has 1 amide bonds. The van der Waals surface area contributed by atoms with E-state index in [2.05, 4.69) is 18.2 Å². The molecule has 3 aliphatic rings. The van der Waals surface area contributed by atoms with Gasteiger partial charge in [0.05, 0.1) is 6.61 Å². The lowest BCUT2D eigenvalue weighted by molar-refractivity contribution is -0.155. The Morgan fingerprint density at radius 3 is 3.00 bits per heavy atom. The van der Waals surface area contributed by atoms with Crippen molar-refractivity contribution in [3.8, 4) is 0 Å². The summed E-state index contributed by atoms with van der Waals surface area (Å²) in [5.41, 5.74) is 1.13. The highest BCUT2D eigenvalue weighted by Crippen LogP contribution is 2.58. The van der Waals surface area contributed by atoms with Crippen LogP contribution in [0.15, 0.2) is 36.4 Å². The first-order chi connectivity index (χ1) is 11.2. The molecule has 23 heavy (non-hydrogen) atoms. The van der Waals surface area contributed by atoms with Crippen molar-refractivity contribution in [1.29, 1.82) is 0 Å². The van der Waals surface area contributed by atoms with Gasteiger partial charge in [0.1, 0.15) is 0 Å². The van der Waals surface area contributed by atoms with Crippen molar-refractivity contribution in [2.24, 2.45) is 5.92 Å². The van der Waals surface area contributed by atoms with Gasteiger partial charge in [0.2, 0.25) is 5.91 Å². The van der Waals surface area contributed by atoms with Gasteiger partial charge in [-0.25, -0.2) is 4.79 Å². The smallest absolute Gasteiger partial charge is 0.333 e. The number of para-hydroxylation sites is 1. The van der Waals surface area contributed by atoms with Crippen LogP contribution in [0.25, 0.3) is 0 Å². The fourth-order valence-electron chi connectivity index (χ4n) is 4.73. The van der Waals surface area contributed by atoms with E-state index >= 15 is 0 Å². The number of amides is 1. The van der Waals surface area contributed by atoms with Gasteiger partial charge in [0, 0.05) is 23.9 Å². The molecule has 120 valence electrons. The number of ether oxygens (including phenoxy) is 1. The number of esters is 1. The number of carbonyl (C=O) groups excluding carboxylic acids is 2. The van der Waals surface area contributed by atoms with Gasteiger partial charge in [-0.05, 0) is 37.8 Å². The molecule has 0 N–H and O–H groups in total. The predicted molar refractivity (Wildman–Crippen MR) is 87.1 cm³/mol. The highest BCUT2D eigenvalue weighted by molar-refractivity contribution is 6.07. The molecule has 4 nitrogen and oxygen atoms in total. The second kappa shape index (κ2) is 5.22. The number of anilines is 1. The maximum absolute atomic E-state index is 13.1. The summed E-state index contributed by atoms with van der Waals surface area (Å²) in [5, 5.41) is 0. The first kappa shape index (κ1) is 14.5. The second-order valence-corrected chi connectivity index (χ2v) is 6.54. The van der Waals surface area contributed by atoms with Crippen LogP contribution in [-0.2, 0) is 14.3 Å². The number of rotatable bonds is 2. The molecule has 1 aromatic rings. The van der Waals surface area contributed by atoms with Gasteiger partial charge in [0.15, 0.2) is 5.54 Å². The molecule has 4 heteroatoms. The van der Waals surface area contributed by atoms with Gasteiger partial charge < -0.3 is 4.74 Å². The van der Waals surface area contributed by atoms with E-state index in [4.69, 9.17) is 4.74 Å². The summed E-state index contributed by atoms with van der Waals surface area (Å²) in [6.07, 6.45) is 7.31. The number of hydrogen-bond acceptors (Lipinski definition) is 3. The molecule has 1 aliphatic carbocycles. The van der Waals surface area contributed by atoms with Gasteiger partial charge in [-0.3, -0.25) is 9.69 Å². The molecule has 0 radical (unpaired) electrons. The van der Waals surface area contributed by atoms with Crippen LogP contribution in [0.2, 0.25) is 0 Å². The Kier molecular flexibility index (Phi) is 3.29. The van der Waals surface area contributed by atoms with Crippen molar-refractivity contribution in [1.82, 2.24) is 0 Å². The highest BCUT2D eigenvalue weighted by atomic mass is 16.5. The van der Waals surface area contributed by atoms with Gasteiger partial charge in [0.25, 0.3) is 0 Å². The lowest BCUT2D eigenvalue weighted by atomic mass is 9.69. The zero-order chi connectivity index (χ0) is 16.0. The molecule has 0 spiro atoms. The predicted octanol–water partition coefficient (Wildman–Crippen LogP) is 3.18. The summed E-state index contributed by atoms with van der Waals surface area (Å²) in [7, 11) is 0. The fraction of sp³-hybridized carbons (Fsp3) is 0.474. The van der Waals surface area contributed by atoms with E-state index in [0.29, 0.717) is 13.0 Å². The molecule has 0 saturated carbocycles. The lowest BCUT2D eigenvalue weighted by Crippen LogP contribution is -2.64. The molecule has 2 heterocycles. The molecule has 0 aromatic heterocycles. The van der Waals surface area contributed by atoms with E-state index < -0.39 is 5.54 Å². The third kappa shape index (κ3) is 1.78. The van der Waals surface area contributed by atoms with Crippen molar-refractivity contribution < 1.29 is 14.3 Å². The molecule has 1 saturated heterocycles. The van der Waals surface area contributed by atoms with Crippen LogP contribution in [0.5, 0.6) is 0 Å². The molecule has 1 aromatic carbocycles. The van der Waals surface area contributed by atoms with Crippen LogP contribution in [0.4, 0.5) is 5.69 Å². The third-order valence-electron chi connectivity index (χ3n) is 5.53. The number of allylic oxidation sites excluding steroid dienone is 1. The summed E-state index contributed by atoms with van der Waals surface area (Å²) in [6, 6.07) is 7.97.